The van der Waals surface area contributed by atoms with Crippen LogP contribution < -0.4 is 0 Å². The smallest absolute Gasteiger partial charge is 0.410 e. The highest BCUT2D eigenvalue weighted by Gasteiger charge is 2.36. The van der Waals surface area contributed by atoms with E-state index in [1.165, 1.54) is 5.56 Å². The standard InChI is InChI=1S/C32H38N6O3/c1-19-16-33-29-24(19)15-23(17-34-29)22-13-21-9-11-37(30(39)27-12-20(2)36(6)35-27)18-26(21)25(14-22)28-8-7-10-38(28)31(40)41-32(3,4)5/h12-17,28H,7-11,18H2,1-6H3,(H,33,34)/t28-/m0/s1. The van der Waals surface area contributed by atoms with Gasteiger partial charge >= 0.3 is 6.09 Å². The monoisotopic (exact) mass is 554 g/mol. The third kappa shape index (κ3) is 5.09. The molecule has 41 heavy (non-hydrogen) atoms. The molecule has 1 fully saturated rings. The number of aromatic amines is 1. The summed E-state index contributed by atoms with van der Waals surface area (Å²) in [5.74, 6) is -0.0672. The second-order valence-corrected chi connectivity index (χ2v) is 12.4. The largest absolute Gasteiger partial charge is 0.444 e. The van der Waals surface area contributed by atoms with Crippen molar-refractivity contribution < 1.29 is 14.3 Å². The number of hydrogen-bond acceptors (Lipinski definition) is 5. The minimum absolute atomic E-state index is 0.0672. The number of carbonyl (C=O) groups is 2. The highest BCUT2D eigenvalue weighted by Crippen LogP contribution is 2.40. The molecule has 2 aliphatic heterocycles. The van der Waals surface area contributed by atoms with Gasteiger partial charge in [0.2, 0.25) is 0 Å². The summed E-state index contributed by atoms with van der Waals surface area (Å²) >= 11 is 0. The number of hydrogen-bond donors (Lipinski definition) is 1. The van der Waals surface area contributed by atoms with E-state index >= 15 is 0 Å². The maximum absolute atomic E-state index is 13.5. The molecule has 1 N–H and O–H groups in total. The van der Waals surface area contributed by atoms with Gasteiger partial charge in [-0.05, 0) is 99.9 Å². The zero-order valence-corrected chi connectivity index (χ0v) is 24.7. The summed E-state index contributed by atoms with van der Waals surface area (Å²) in [5.41, 5.74) is 8.37. The van der Waals surface area contributed by atoms with E-state index < -0.39 is 5.60 Å². The molecule has 0 bridgehead atoms. The third-order valence-electron chi connectivity index (χ3n) is 8.31. The van der Waals surface area contributed by atoms with Gasteiger partial charge in [0, 0.05) is 55.7 Å². The number of rotatable bonds is 3. The predicted octanol–water partition coefficient (Wildman–Crippen LogP) is 5.85. The summed E-state index contributed by atoms with van der Waals surface area (Å²) in [4.78, 5) is 38.5. The van der Waals surface area contributed by atoms with E-state index in [4.69, 9.17) is 4.74 Å². The molecule has 1 atom stereocenters. The second-order valence-electron chi connectivity index (χ2n) is 12.4. The van der Waals surface area contributed by atoms with Crippen molar-refractivity contribution in [3.63, 3.8) is 0 Å². The van der Waals surface area contributed by atoms with Crippen LogP contribution in [-0.4, -0.2) is 60.2 Å². The van der Waals surface area contributed by atoms with Crippen LogP contribution in [0.1, 0.15) is 78.1 Å². The van der Waals surface area contributed by atoms with Crippen LogP contribution in [0.15, 0.2) is 36.7 Å². The Balaban J connectivity index is 1.42. The number of ether oxygens (including phenoxy) is 1. The van der Waals surface area contributed by atoms with Gasteiger partial charge in [-0.25, -0.2) is 9.78 Å². The Morgan fingerprint density at radius 2 is 1.88 bits per heavy atom. The average Bonchev–Trinajstić information content (AvgIpc) is 3.65. The van der Waals surface area contributed by atoms with E-state index in [0.29, 0.717) is 25.3 Å². The van der Waals surface area contributed by atoms with Gasteiger partial charge in [-0.3, -0.25) is 9.48 Å². The third-order valence-corrected chi connectivity index (χ3v) is 8.31. The lowest BCUT2D eigenvalue weighted by atomic mass is 9.86. The van der Waals surface area contributed by atoms with Gasteiger partial charge in [-0.2, -0.15) is 5.10 Å². The van der Waals surface area contributed by atoms with Crippen molar-refractivity contribution in [2.24, 2.45) is 7.05 Å². The normalized spacial score (nSPS) is 17.3. The maximum atomic E-state index is 13.5. The SMILES string of the molecule is Cc1c[nH]c2ncc(-c3cc4c(c([C@@H]5CCCN5C(=O)OC(C)(C)C)c3)CN(C(=O)c3cc(C)n(C)n3)CC4)cc12. The molecule has 214 valence electrons. The number of amides is 2. The molecule has 1 aromatic carbocycles. The molecule has 9 heteroatoms. The van der Waals surface area contributed by atoms with Crippen LogP contribution >= 0.6 is 0 Å². The van der Waals surface area contributed by atoms with E-state index in [9.17, 15) is 9.59 Å². The number of aromatic nitrogens is 4. The van der Waals surface area contributed by atoms with Gasteiger partial charge in [-0.15, -0.1) is 0 Å². The van der Waals surface area contributed by atoms with E-state index in [1.807, 2.05) is 63.0 Å². The molecule has 0 radical (unpaired) electrons. The van der Waals surface area contributed by atoms with E-state index in [-0.39, 0.29) is 18.0 Å². The molecule has 9 nitrogen and oxygen atoms in total. The Kier molecular flexibility index (Phi) is 6.63. The van der Waals surface area contributed by atoms with Crippen LogP contribution in [0.3, 0.4) is 0 Å². The molecular weight excluding hydrogens is 516 g/mol. The van der Waals surface area contributed by atoms with Gasteiger partial charge in [0.05, 0.1) is 6.04 Å². The van der Waals surface area contributed by atoms with Gasteiger partial charge < -0.3 is 19.5 Å². The highest BCUT2D eigenvalue weighted by molar-refractivity contribution is 5.92. The lowest BCUT2D eigenvalue weighted by molar-refractivity contribution is 0.0222. The van der Waals surface area contributed by atoms with Crippen molar-refractivity contribution in [3.8, 4) is 11.1 Å². The lowest BCUT2D eigenvalue weighted by Gasteiger charge is -2.34. The Morgan fingerprint density at radius 3 is 2.61 bits per heavy atom. The molecular formula is C32H38N6O3. The first-order chi connectivity index (χ1) is 19.5. The molecule has 6 rings (SSSR count). The molecule has 0 spiro atoms. The number of pyridine rings is 1. The molecule has 1 saturated heterocycles. The summed E-state index contributed by atoms with van der Waals surface area (Å²) in [6, 6.07) is 8.34. The quantitative estimate of drug-likeness (QED) is 0.343. The number of nitrogens with one attached hydrogen (secondary N) is 1. The number of carbonyl (C=O) groups excluding carboxylic acids is 2. The molecule has 3 aromatic heterocycles. The van der Waals surface area contributed by atoms with E-state index in [0.717, 1.165) is 63.8 Å². The van der Waals surface area contributed by atoms with Crippen LogP contribution in [0.4, 0.5) is 4.79 Å². The van der Waals surface area contributed by atoms with Crippen molar-refractivity contribution in [2.75, 3.05) is 13.1 Å². The second kappa shape index (κ2) is 10.0. The number of aryl methyl sites for hydroxylation is 3. The Morgan fingerprint density at radius 1 is 1.07 bits per heavy atom. The van der Waals surface area contributed by atoms with Crippen LogP contribution in [0.5, 0.6) is 0 Å². The molecule has 2 amide bonds. The van der Waals surface area contributed by atoms with Gasteiger partial charge in [0.1, 0.15) is 11.2 Å². The average molecular weight is 555 g/mol. The van der Waals surface area contributed by atoms with Crippen molar-refractivity contribution in [1.29, 1.82) is 0 Å². The van der Waals surface area contributed by atoms with Gasteiger partial charge in [-0.1, -0.05) is 6.07 Å². The van der Waals surface area contributed by atoms with E-state index in [1.54, 1.807) is 4.68 Å². The Labute approximate surface area is 240 Å². The van der Waals surface area contributed by atoms with E-state index in [2.05, 4.69) is 40.2 Å². The minimum atomic E-state index is -0.578. The lowest BCUT2D eigenvalue weighted by Crippen LogP contribution is -2.39. The molecule has 5 heterocycles. The van der Waals surface area contributed by atoms with Crippen molar-refractivity contribution in [1.82, 2.24) is 29.5 Å². The first-order valence-electron chi connectivity index (χ1n) is 14.4. The van der Waals surface area contributed by atoms with Crippen LogP contribution in [-0.2, 0) is 24.8 Å². The molecule has 0 saturated carbocycles. The van der Waals surface area contributed by atoms with Crippen molar-refractivity contribution in [3.05, 3.63) is 70.3 Å². The minimum Gasteiger partial charge on any atom is -0.444 e. The number of H-pyrrole nitrogens is 1. The fourth-order valence-electron chi connectivity index (χ4n) is 6.08. The summed E-state index contributed by atoms with van der Waals surface area (Å²) < 4.78 is 7.55. The van der Waals surface area contributed by atoms with Crippen LogP contribution in [0.25, 0.3) is 22.2 Å². The molecule has 2 aliphatic rings. The number of likely N-dealkylation sites (tertiary alicyclic amines) is 1. The van der Waals surface area contributed by atoms with Crippen molar-refractivity contribution >= 4 is 23.0 Å². The summed E-state index contributed by atoms with van der Waals surface area (Å²) in [6.07, 6.45) is 6.06. The fourth-order valence-corrected chi connectivity index (χ4v) is 6.08. The van der Waals surface area contributed by atoms with Gasteiger partial charge in [0.15, 0.2) is 5.69 Å². The first kappa shape index (κ1) is 27.1. The Bertz CT molecular complexity index is 1640. The van der Waals surface area contributed by atoms with Crippen LogP contribution in [0.2, 0.25) is 0 Å². The van der Waals surface area contributed by atoms with Crippen molar-refractivity contribution in [2.45, 2.75) is 72.1 Å². The zero-order chi connectivity index (χ0) is 29.1. The number of fused-ring (bicyclic) bond motifs is 2. The molecule has 0 unspecified atom stereocenters. The predicted molar refractivity (Wildman–Crippen MR) is 158 cm³/mol. The summed E-state index contributed by atoms with van der Waals surface area (Å²) in [6.45, 7) is 11.4. The highest BCUT2D eigenvalue weighted by atomic mass is 16.6. The summed E-state index contributed by atoms with van der Waals surface area (Å²) in [5, 5.41) is 5.54. The maximum Gasteiger partial charge on any atom is 0.410 e. The topological polar surface area (TPSA) is 96.4 Å². The number of nitrogens with zero attached hydrogens (tertiary/aromatic N) is 5. The number of benzene rings is 1. The van der Waals surface area contributed by atoms with Gasteiger partial charge in [0.25, 0.3) is 5.91 Å². The van der Waals surface area contributed by atoms with Crippen LogP contribution in [0, 0.1) is 13.8 Å². The fraction of sp³-hybridized carbons (Fsp3) is 0.438. The first-order valence-corrected chi connectivity index (χ1v) is 14.4. The zero-order valence-electron chi connectivity index (χ0n) is 24.7. The summed E-state index contributed by atoms with van der Waals surface area (Å²) in [7, 11) is 1.85. The molecule has 4 aromatic rings. The Hall–Kier alpha value is -4.14. The molecule has 0 aliphatic carbocycles.